The third-order valence-corrected chi connectivity index (χ3v) is 7.12. The number of carbonyl (C=O) groups is 2. The largest absolute Gasteiger partial charge is 0.350 e. The summed E-state index contributed by atoms with van der Waals surface area (Å²) in [5.74, 6) is -0.618. The Hall–Kier alpha value is -3.88. The Balaban J connectivity index is 1.95. The second kappa shape index (κ2) is 11.7. The number of benzene rings is 1. The summed E-state index contributed by atoms with van der Waals surface area (Å²) < 4.78 is 30.5. The van der Waals surface area contributed by atoms with Gasteiger partial charge in [-0.25, -0.2) is 13.8 Å². The van der Waals surface area contributed by atoms with Crippen LogP contribution in [0.2, 0.25) is 0 Å². The van der Waals surface area contributed by atoms with Crippen LogP contribution >= 0.6 is 0 Å². The molecule has 0 spiro atoms. The van der Waals surface area contributed by atoms with E-state index in [-0.39, 0.29) is 23.1 Å². The van der Waals surface area contributed by atoms with Gasteiger partial charge in [0.15, 0.2) is 5.82 Å². The molecule has 200 valence electrons. The normalized spacial score (nSPS) is 18.2. The number of allylic oxidation sites excluding steroid dienone is 4. The maximum Gasteiger partial charge on any atom is 0.219 e. The predicted octanol–water partition coefficient (Wildman–Crippen LogP) is 4.96. The zero-order valence-electron chi connectivity index (χ0n) is 22.2. The molecule has 2 aromatic rings. The lowest BCUT2D eigenvalue weighted by Gasteiger charge is -2.40. The number of amides is 2. The SMILES string of the molecule is CCc1cccc(C)c1N(C=O)c1nc(C2=CCCC=C2F)c(F)cc1C(=NC)N1CCN(C=O)CC1C. The summed E-state index contributed by atoms with van der Waals surface area (Å²) in [5, 5.41) is 0. The number of aliphatic imine (C=N–C) groups is 1. The van der Waals surface area contributed by atoms with Gasteiger partial charge in [-0.05, 0) is 56.4 Å². The Kier molecular flexibility index (Phi) is 8.34. The Morgan fingerprint density at radius 3 is 2.61 bits per heavy atom. The molecule has 1 fully saturated rings. The van der Waals surface area contributed by atoms with Crippen molar-refractivity contribution in [2.24, 2.45) is 4.99 Å². The Morgan fingerprint density at radius 1 is 1.21 bits per heavy atom. The molecule has 0 radical (unpaired) electrons. The minimum atomic E-state index is -0.702. The number of para-hydroxylation sites is 1. The number of nitrogens with zero attached hydrogens (tertiary/aromatic N) is 5. The standard InChI is InChI=1S/C29H33F2N5O2/c1-5-21-10-8-9-19(2)27(21)36(18-38)29-23(28(32-4)35-14-13-34(17-37)16-20(35)3)15-25(31)26(33-29)22-11-6-7-12-24(22)30/h8-12,15,17-18,20H,5-7,13-14,16H2,1-4H3. The first kappa shape index (κ1) is 27.2. The van der Waals surface area contributed by atoms with E-state index in [1.807, 2.05) is 43.9 Å². The van der Waals surface area contributed by atoms with E-state index in [1.165, 1.54) is 17.0 Å². The van der Waals surface area contributed by atoms with Crippen LogP contribution in [-0.4, -0.2) is 66.2 Å². The van der Waals surface area contributed by atoms with Crippen LogP contribution in [0.1, 0.15) is 49.1 Å². The van der Waals surface area contributed by atoms with Crippen LogP contribution in [-0.2, 0) is 16.0 Å². The lowest BCUT2D eigenvalue weighted by Crippen LogP contribution is -2.54. The van der Waals surface area contributed by atoms with E-state index in [4.69, 9.17) is 0 Å². The number of pyridine rings is 1. The number of carbonyl (C=O) groups excluding carboxylic acids is 2. The van der Waals surface area contributed by atoms with Gasteiger partial charge >= 0.3 is 0 Å². The minimum absolute atomic E-state index is 0.0795. The maximum atomic E-state index is 15.7. The van der Waals surface area contributed by atoms with Crippen LogP contribution in [0.15, 0.2) is 47.2 Å². The molecule has 0 bridgehead atoms. The van der Waals surface area contributed by atoms with Crippen LogP contribution in [0.25, 0.3) is 5.57 Å². The molecule has 2 aliphatic rings. The Bertz CT molecular complexity index is 1320. The highest BCUT2D eigenvalue weighted by atomic mass is 19.1. The van der Waals surface area contributed by atoms with E-state index < -0.39 is 11.6 Å². The first-order chi connectivity index (χ1) is 18.3. The first-order valence-electron chi connectivity index (χ1n) is 12.9. The van der Waals surface area contributed by atoms with Gasteiger partial charge < -0.3 is 9.80 Å². The highest BCUT2D eigenvalue weighted by Gasteiger charge is 2.31. The number of aromatic nitrogens is 1. The zero-order valence-corrected chi connectivity index (χ0v) is 22.2. The van der Waals surface area contributed by atoms with Crippen molar-refractivity contribution >= 4 is 35.7 Å². The van der Waals surface area contributed by atoms with Crippen molar-refractivity contribution in [3.63, 3.8) is 0 Å². The summed E-state index contributed by atoms with van der Waals surface area (Å²) in [4.78, 5) is 38.3. The topological polar surface area (TPSA) is 69.1 Å². The van der Waals surface area contributed by atoms with Gasteiger partial charge in [-0.3, -0.25) is 19.5 Å². The molecular formula is C29H33F2N5O2. The average molecular weight is 522 g/mol. The number of piperazine rings is 1. The Labute approximate surface area is 222 Å². The van der Waals surface area contributed by atoms with Crippen LogP contribution in [0.4, 0.5) is 20.3 Å². The van der Waals surface area contributed by atoms with Crippen LogP contribution in [0.3, 0.4) is 0 Å². The molecule has 1 atom stereocenters. The van der Waals surface area contributed by atoms with Crippen LogP contribution < -0.4 is 4.90 Å². The Morgan fingerprint density at radius 2 is 1.97 bits per heavy atom. The fourth-order valence-corrected chi connectivity index (χ4v) is 5.23. The van der Waals surface area contributed by atoms with E-state index in [0.29, 0.717) is 62.4 Å². The predicted molar refractivity (Wildman–Crippen MR) is 146 cm³/mol. The molecule has 0 saturated carbocycles. The van der Waals surface area contributed by atoms with Crippen molar-refractivity contribution in [2.75, 3.05) is 31.6 Å². The summed E-state index contributed by atoms with van der Waals surface area (Å²) in [5.41, 5.74) is 2.67. The monoisotopic (exact) mass is 521 g/mol. The number of amidine groups is 1. The van der Waals surface area contributed by atoms with Crippen molar-refractivity contribution < 1.29 is 18.4 Å². The van der Waals surface area contributed by atoms with Crippen molar-refractivity contribution in [3.8, 4) is 0 Å². The van der Waals surface area contributed by atoms with E-state index in [0.717, 1.165) is 17.5 Å². The zero-order chi connectivity index (χ0) is 27.4. The van der Waals surface area contributed by atoms with Gasteiger partial charge in [0.2, 0.25) is 12.8 Å². The molecular weight excluding hydrogens is 488 g/mol. The molecule has 7 nitrogen and oxygen atoms in total. The van der Waals surface area contributed by atoms with Gasteiger partial charge in [-0.2, -0.15) is 0 Å². The van der Waals surface area contributed by atoms with Gasteiger partial charge in [-0.15, -0.1) is 0 Å². The third kappa shape index (κ3) is 5.10. The molecule has 1 aliphatic carbocycles. The maximum absolute atomic E-state index is 15.7. The fourth-order valence-electron chi connectivity index (χ4n) is 5.23. The van der Waals surface area contributed by atoms with Crippen molar-refractivity contribution in [1.82, 2.24) is 14.8 Å². The fraction of sp³-hybridized carbons (Fsp3) is 0.379. The lowest BCUT2D eigenvalue weighted by atomic mass is 10.00. The second-order valence-corrected chi connectivity index (χ2v) is 9.54. The summed E-state index contributed by atoms with van der Waals surface area (Å²) in [6, 6.07) is 6.94. The molecule has 1 aromatic heterocycles. The summed E-state index contributed by atoms with van der Waals surface area (Å²) in [6.07, 6.45) is 6.29. The highest BCUT2D eigenvalue weighted by Crippen LogP contribution is 2.37. The molecule has 38 heavy (non-hydrogen) atoms. The number of hydrogen-bond acceptors (Lipinski definition) is 4. The van der Waals surface area contributed by atoms with E-state index in [9.17, 15) is 14.0 Å². The number of halogens is 2. The van der Waals surface area contributed by atoms with Crippen molar-refractivity contribution in [2.45, 2.75) is 46.1 Å². The molecule has 4 rings (SSSR count). The van der Waals surface area contributed by atoms with E-state index in [2.05, 4.69) is 9.98 Å². The average Bonchev–Trinajstić information content (AvgIpc) is 2.92. The van der Waals surface area contributed by atoms with Crippen molar-refractivity contribution in [1.29, 1.82) is 0 Å². The third-order valence-electron chi connectivity index (χ3n) is 7.12. The lowest BCUT2D eigenvalue weighted by molar-refractivity contribution is -0.120. The van der Waals surface area contributed by atoms with Gasteiger partial charge in [0.05, 0.1) is 11.3 Å². The highest BCUT2D eigenvalue weighted by molar-refractivity contribution is 6.06. The molecule has 2 amide bonds. The summed E-state index contributed by atoms with van der Waals surface area (Å²) in [7, 11) is 1.60. The summed E-state index contributed by atoms with van der Waals surface area (Å²) in [6.45, 7) is 7.28. The molecule has 1 aliphatic heterocycles. The number of aryl methyl sites for hydroxylation is 2. The molecule has 1 saturated heterocycles. The number of anilines is 2. The molecule has 1 unspecified atom stereocenters. The number of hydrogen-bond donors (Lipinski definition) is 0. The van der Waals surface area contributed by atoms with Gasteiger partial charge in [-0.1, -0.05) is 31.2 Å². The van der Waals surface area contributed by atoms with E-state index >= 15 is 4.39 Å². The van der Waals surface area contributed by atoms with Crippen molar-refractivity contribution in [3.05, 3.63) is 70.4 Å². The molecule has 1 aromatic carbocycles. The molecule has 9 heteroatoms. The van der Waals surface area contributed by atoms with E-state index in [1.54, 1.807) is 18.0 Å². The summed E-state index contributed by atoms with van der Waals surface area (Å²) >= 11 is 0. The van der Waals surface area contributed by atoms with Gasteiger partial charge in [0, 0.05) is 38.3 Å². The quantitative estimate of drug-likeness (QED) is 0.294. The second-order valence-electron chi connectivity index (χ2n) is 9.54. The van der Waals surface area contributed by atoms with Gasteiger partial charge in [0.25, 0.3) is 0 Å². The number of rotatable bonds is 7. The molecule has 0 N–H and O–H groups in total. The van der Waals surface area contributed by atoms with Gasteiger partial charge in [0.1, 0.15) is 23.2 Å². The smallest absolute Gasteiger partial charge is 0.219 e. The van der Waals surface area contributed by atoms with Crippen LogP contribution in [0, 0.1) is 12.7 Å². The minimum Gasteiger partial charge on any atom is -0.350 e. The first-order valence-corrected chi connectivity index (χ1v) is 12.9. The molecule has 2 heterocycles. The van der Waals surface area contributed by atoms with Crippen LogP contribution in [0.5, 0.6) is 0 Å².